The van der Waals surface area contributed by atoms with E-state index in [4.69, 9.17) is 18.9 Å². The number of hydrogen-bond donors (Lipinski definition) is 1. The molecule has 0 amide bonds. The van der Waals surface area contributed by atoms with E-state index in [1.807, 2.05) is 6.07 Å². The minimum absolute atomic E-state index is 0.0715. The van der Waals surface area contributed by atoms with E-state index < -0.39 is 23.3 Å². The average Bonchev–Trinajstić information content (AvgIpc) is 3.29. The average molecular weight is 446 g/mol. The van der Waals surface area contributed by atoms with E-state index in [2.05, 4.69) is 0 Å². The molecule has 1 aromatic heterocycles. The van der Waals surface area contributed by atoms with Crippen molar-refractivity contribution >= 4 is 5.78 Å². The first-order chi connectivity index (χ1) is 16.0. The van der Waals surface area contributed by atoms with Gasteiger partial charge in [0, 0.05) is 0 Å². The molecule has 9 nitrogen and oxygen atoms in total. The lowest BCUT2D eigenvalue weighted by Crippen LogP contribution is -2.38. The van der Waals surface area contributed by atoms with E-state index in [1.165, 1.54) is 6.92 Å². The number of ketones is 1. The highest BCUT2D eigenvalue weighted by Gasteiger charge is 2.33. The maximum Gasteiger partial charge on any atom is 0.271 e. The Balaban J connectivity index is 1.55. The van der Waals surface area contributed by atoms with Crippen molar-refractivity contribution in [1.82, 2.24) is 4.57 Å². The van der Waals surface area contributed by atoms with Crippen molar-refractivity contribution in [3.63, 3.8) is 0 Å². The molecule has 33 heavy (non-hydrogen) atoms. The number of hydrogen-bond acceptors (Lipinski definition) is 8. The van der Waals surface area contributed by atoms with Crippen molar-refractivity contribution in [2.45, 2.75) is 19.6 Å². The Morgan fingerprint density at radius 2 is 1.85 bits per heavy atom. The van der Waals surface area contributed by atoms with E-state index in [0.717, 1.165) is 4.57 Å². The molecule has 0 bridgehead atoms. The van der Waals surface area contributed by atoms with Crippen molar-refractivity contribution in [1.29, 1.82) is 5.26 Å². The Bertz CT molecular complexity index is 1390. The van der Waals surface area contributed by atoms with Crippen LogP contribution >= 0.6 is 0 Å². The molecule has 0 fully saturated rings. The summed E-state index contributed by atoms with van der Waals surface area (Å²) in [6.45, 7) is 1.40. The fraction of sp³-hybridized carbons (Fsp3) is 0.208. The predicted molar refractivity (Wildman–Crippen MR) is 114 cm³/mol. The zero-order valence-corrected chi connectivity index (χ0v) is 17.5. The molecular formula is C24H18N2O7. The molecule has 0 radical (unpaired) electrons. The third-order valence-electron chi connectivity index (χ3n) is 5.63. The van der Waals surface area contributed by atoms with Gasteiger partial charge in [-0.2, -0.15) is 5.26 Å². The standard InChI is InChI=1S/C24H18N2O7/c1-13-15(9-25)23(28)26(10-14-6-7-17-19(8-14)32-12-31-17)24(29)21(13)22(27)20-11-30-16-4-2-3-5-18(16)33-20/h2-8,20,29H,10-12H2,1H3. The smallest absolute Gasteiger partial charge is 0.271 e. The Morgan fingerprint density at radius 1 is 1.12 bits per heavy atom. The van der Waals surface area contributed by atoms with Crippen molar-refractivity contribution in [3.05, 3.63) is 75.1 Å². The van der Waals surface area contributed by atoms with Crippen LogP contribution in [0.1, 0.15) is 27.0 Å². The summed E-state index contributed by atoms with van der Waals surface area (Å²) in [5.41, 5.74) is -0.370. The molecule has 166 valence electrons. The largest absolute Gasteiger partial charge is 0.494 e. The summed E-state index contributed by atoms with van der Waals surface area (Å²) in [4.78, 5) is 26.3. The summed E-state index contributed by atoms with van der Waals surface area (Å²) >= 11 is 0. The second-order valence-corrected chi connectivity index (χ2v) is 7.62. The van der Waals surface area contributed by atoms with Gasteiger partial charge in [-0.15, -0.1) is 0 Å². The Hall–Kier alpha value is -4.45. The van der Waals surface area contributed by atoms with E-state index >= 15 is 0 Å². The number of carbonyl (C=O) groups excluding carboxylic acids is 1. The fourth-order valence-electron chi connectivity index (χ4n) is 3.92. The van der Waals surface area contributed by atoms with E-state index in [-0.39, 0.29) is 36.6 Å². The Labute approximate surface area is 187 Å². The molecule has 1 N–H and O–H groups in total. The van der Waals surface area contributed by atoms with Crippen LogP contribution in [0.25, 0.3) is 0 Å². The first kappa shape index (κ1) is 20.5. The highest BCUT2D eigenvalue weighted by molar-refractivity contribution is 6.03. The minimum Gasteiger partial charge on any atom is -0.494 e. The number of para-hydroxylation sites is 2. The first-order valence-corrected chi connectivity index (χ1v) is 10.2. The summed E-state index contributed by atoms with van der Waals surface area (Å²) < 4.78 is 23.1. The number of pyridine rings is 1. The van der Waals surface area contributed by atoms with Gasteiger partial charge in [-0.3, -0.25) is 14.2 Å². The van der Waals surface area contributed by atoms with Gasteiger partial charge in [-0.25, -0.2) is 0 Å². The Kier molecular flexibility index (Phi) is 4.90. The van der Waals surface area contributed by atoms with Gasteiger partial charge in [0.2, 0.25) is 18.5 Å². The number of carbonyl (C=O) groups is 1. The number of Topliss-reactive ketones (excluding diaryl/α,β-unsaturated/α-hetero) is 1. The van der Waals surface area contributed by atoms with Crippen LogP contribution < -0.4 is 24.5 Å². The number of aromatic hydroxyl groups is 1. The number of nitriles is 1. The number of fused-ring (bicyclic) bond motifs is 2. The molecule has 1 atom stereocenters. The topological polar surface area (TPSA) is 120 Å². The van der Waals surface area contributed by atoms with Gasteiger partial charge in [0.05, 0.1) is 12.1 Å². The van der Waals surface area contributed by atoms with Crippen molar-refractivity contribution in [3.8, 4) is 34.9 Å². The van der Waals surface area contributed by atoms with Crippen LogP contribution in [0.15, 0.2) is 47.3 Å². The summed E-state index contributed by atoms with van der Waals surface area (Å²) in [6.07, 6.45) is -1.05. The van der Waals surface area contributed by atoms with Crippen LogP contribution in [-0.2, 0) is 6.54 Å². The number of rotatable bonds is 4. The van der Waals surface area contributed by atoms with Gasteiger partial charge >= 0.3 is 0 Å². The molecule has 2 aliphatic rings. The van der Waals surface area contributed by atoms with Gasteiger partial charge < -0.3 is 24.1 Å². The lowest BCUT2D eigenvalue weighted by Gasteiger charge is -2.26. The number of nitrogens with zero attached hydrogens (tertiary/aromatic N) is 2. The van der Waals surface area contributed by atoms with Crippen LogP contribution in [-0.4, -0.2) is 35.0 Å². The van der Waals surface area contributed by atoms with Gasteiger partial charge in [-0.05, 0) is 42.3 Å². The maximum atomic E-state index is 13.4. The van der Waals surface area contributed by atoms with Gasteiger partial charge in [0.1, 0.15) is 18.2 Å². The van der Waals surface area contributed by atoms with Gasteiger partial charge in [0.25, 0.3) is 5.56 Å². The number of benzene rings is 2. The van der Waals surface area contributed by atoms with Crippen molar-refractivity contribution < 1.29 is 28.8 Å². The molecule has 0 spiro atoms. The summed E-state index contributed by atoms with van der Waals surface area (Å²) in [5.74, 6) is 0.858. The molecule has 5 rings (SSSR count). The normalized spacial score (nSPS) is 15.7. The first-order valence-electron chi connectivity index (χ1n) is 10.2. The lowest BCUT2D eigenvalue weighted by molar-refractivity contribution is 0.0581. The van der Waals surface area contributed by atoms with Crippen LogP contribution in [0.4, 0.5) is 0 Å². The van der Waals surface area contributed by atoms with Crippen LogP contribution in [0.2, 0.25) is 0 Å². The van der Waals surface area contributed by atoms with Gasteiger partial charge in [-0.1, -0.05) is 18.2 Å². The number of ether oxygens (including phenoxy) is 4. The highest BCUT2D eigenvalue weighted by Crippen LogP contribution is 2.35. The second-order valence-electron chi connectivity index (χ2n) is 7.62. The SMILES string of the molecule is Cc1c(C(=O)C2COc3ccccc3O2)c(O)n(Cc2ccc3c(c2)OCO3)c(=O)c1C#N. The minimum atomic E-state index is -1.05. The van der Waals surface area contributed by atoms with E-state index in [0.29, 0.717) is 28.6 Å². The third-order valence-corrected chi connectivity index (χ3v) is 5.63. The van der Waals surface area contributed by atoms with Gasteiger partial charge in [0.15, 0.2) is 29.1 Å². The van der Waals surface area contributed by atoms with Crippen LogP contribution in [0.5, 0.6) is 28.9 Å². The molecule has 2 aliphatic heterocycles. The maximum absolute atomic E-state index is 13.4. The number of aromatic nitrogens is 1. The summed E-state index contributed by atoms with van der Waals surface area (Å²) in [7, 11) is 0. The molecule has 9 heteroatoms. The lowest BCUT2D eigenvalue weighted by atomic mass is 9.98. The molecule has 0 aliphatic carbocycles. The highest BCUT2D eigenvalue weighted by atomic mass is 16.7. The second kappa shape index (κ2) is 7.91. The summed E-state index contributed by atoms with van der Waals surface area (Å²) in [5, 5.41) is 20.6. The molecule has 0 saturated carbocycles. The quantitative estimate of drug-likeness (QED) is 0.607. The van der Waals surface area contributed by atoms with Crippen molar-refractivity contribution in [2.24, 2.45) is 0 Å². The molecule has 0 saturated heterocycles. The zero-order valence-electron chi connectivity index (χ0n) is 17.5. The van der Waals surface area contributed by atoms with Crippen LogP contribution in [0.3, 0.4) is 0 Å². The predicted octanol–water partition coefficient (Wildman–Crippen LogP) is 2.53. The Morgan fingerprint density at radius 3 is 2.64 bits per heavy atom. The van der Waals surface area contributed by atoms with Crippen molar-refractivity contribution in [2.75, 3.05) is 13.4 Å². The zero-order chi connectivity index (χ0) is 23.1. The summed E-state index contributed by atoms with van der Waals surface area (Å²) in [6, 6.07) is 13.9. The van der Waals surface area contributed by atoms with E-state index in [1.54, 1.807) is 42.5 Å². The van der Waals surface area contributed by atoms with Crippen LogP contribution in [0, 0.1) is 18.3 Å². The third kappa shape index (κ3) is 3.42. The molecular weight excluding hydrogens is 428 g/mol. The fourth-order valence-corrected chi connectivity index (χ4v) is 3.92. The molecule has 3 aromatic rings. The molecule has 3 heterocycles. The van der Waals surface area contributed by atoms with E-state index in [9.17, 15) is 20.0 Å². The molecule has 2 aromatic carbocycles. The molecule has 1 unspecified atom stereocenters. The monoisotopic (exact) mass is 446 g/mol.